The summed E-state index contributed by atoms with van der Waals surface area (Å²) in [6.07, 6.45) is 4.07. The third-order valence-corrected chi connectivity index (χ3v) is 4.29. The molecule has 0 radical (unpaired) electrons. The van der Waals surface area contributed by atoms with E-state index in [1.807, 2.05) is 0 Å². The second kappa shape index (κ2) is 5.41. The monoisotopic (exact) mass is 328 g/mol. The number of imidazole rings is 1. The average molecular weight is 329 g/mol. The Hall–Kier alpha value is -1.61. The van der Waals surface area contributed by atoms with Crippen LogP contribution in [-0.2, 0) is 12.8 Å². The van der Waals surface area contributed by atoms with Crippen molar-refractivity contribution in [1.29, 1.82) is 0 Å². The number of hydrogen-bond donors (Lipinski definition) is 0. The molecule has 0 N–H and O–H groups in total. The Labute approximate surface area is 127 Å². The lowest BCUT2D eigenvalue weighted by Crippen LogP contribution is -1.99. The van der Waals surface area contributed by atoms with Gasteiger partial charge in [0.15, 0.2) is 0 Å². The zero-order valence-electron chi connectivity index (χ0n) is 11.7. The van der Waals surface area contributed by atoms with E-state index in [0.29, 0.717) is 0 Å². The molecule has 2 heterocycles. The van der Waals surface area contributed by atoms with Gasteiger partial charge >= 0.3 is 0 Å². The van der Waals surface area contributed by atoms with E-state index >= 15 is 0 Å². The first-order chi connectivity index (χ1) is 9.65. The minimum atomic E-state index is 0.931. The van der Waals surface area contributed by atoms with Crippen LogP contribution in [0, 0.1) is 13.8 Å². The summed E-state index contributed by atoms with van der Waals surface area (Å²) < 4.78 is 3.11. The minimum absolute atomic E-state index is 0.931. The summed E-state index contributed by atoms with van der Waals surface area (Å²) in [5.74, 6) is 1.11. The fourth-order valence-electron chi connectivity index (χ4n) is 2.53. The predicted octanol–water partition coefficient (Wildman–Crippen LogP) is 4.50. The summed E-state index contributed by atoms with van der Waals surface area (Å²) in [4.78, 5) is 4.66. The fourth-order valence-corrected chi connectivity index (χ4v) is 3.04. The largest absolute Gasteiger partial charge is 0.303 e. The quantitative estimate of drug-likeness (QED) is 0.692. The normalized spacial score (nSPS) is 11.2. The Morgan fingerprint density at radius 3 is 2.70 bits per heavy atom. The number of benzene rings is 1. The van der Waals surface area contributed by atoms with Gasteiger partial charge in [0.25, 0.3) is 0 Å². The number of aromatic nitrogens is 2. The van der Waals surface area contributed by atoms with Crippen molar-refractivity contribution in [2.24, 2.45) is 0 Å². The Morgan fingerprint density at radius 1 is 1.10 bits per heavy atom. The molecule has 3 rings (SSSR count). The van der Waals surface area contributed by atoms with Gasteiger partial charge in [0.1, 0.15) is 10.4 Å². The van der Waals surface area contributed by atoms with Crippen molar-refractivity contribution in [2.75, 3.05) is 0 Å². The predicted molar refractivity (Wildman–Crippen MR) is 86.2 cm³/mol. The number of aryl methyl sites for hydroxylation is 4. The highest BCUT2D eigenvalue weighted by Gasteiger charge is 2.09. The number of nitrogens with zero attached hydrogens (tertiary/aromatic N) is 2. The van der Waals surface area contributed by atoms with Gasteiger partial charge in [-0.25, -0.2) is 4.98 Å². The van der Waals surface area contributed by atoms with Gasteiger partial charge in [-0.3, -0.25) is 0 Å². The van der Waals surface area contributed by atoms with Crippen LogP contribution in [0.3, 0.4) is 0 Å². The number of halogens is 1. The molecule has 0 aliphatic heterocycles. The molecule has 0 aliphatic rings. The molecule has 0 saturated carbocycles. The van der Waals surface area contributed by atoms with Crippen molar-refractivity contribution in [2.45, 2.75) is 26.7 Å². The summed E-state index contributed by atoms with van der Waals surface area (Å²) in [5.41, 5.74) is 5.14. The van der Waals surface area contributed by atoms with Crippen molar-refractivity contribution in [3.05, 3.63) is 69.7 Å². The Balaban J connectivity index is 1.90. The molecular formula is C17H17BrN2. The van der Waals surface area contributed by atoms with Gasteiger partial charge in [-0.1, -0.05) is 24.3 Å². The Morgan fingerprint density at radius 2 is 1.90 bits per heavy atom. The number of pyridine rings is 1. The zero-order valence-corrected chi connectivity index (χ0v) is 13.3. The van der Waals surface area contributed by atoms with Crippen molar-refractivity contribution in [1.82, 2.24) is 9.38 Å². The van der Waals surface area contributed by atoms with Crippen molar-refractivity contribution in [3.8, 4) is 0 Å². The van der Waals surface area contributed by atoms with Crippen LogP contribution in [0.2, 0.25) is 0 Å². The van der Waals surface area contributed by atoms with E-state index in [4.69, 9.17) is 0 Å². The molecule has 2 aromatic heterocycles. The lowest BCUT2D eigenvalue weighted by molar-refractivity contribution is 0.847. The first-order valence-electron chi connectivity index (χ1n) is 6.83. The topological polar surface area (TPSA) is 17.3 Å². The van der Waals surface area contributed by atoms with Crippen LogP contribution in [0.4, 0.5) is 0 Å². The second-order valence-corrected chi connectivity index (χ2v) is 5.96. The van der Waals surface area contributed by atoms with Gasteiger partial charge in [-0.15, -0.1) is 0 Å². The lowest BCUT2D eigenvalue weighted by atomic mass is 10.0. The maximum Gasteiger partial charge on any atom is 0.132 e. The highest BCUT2D eigenvalue weighted by molar-refractivity contribution is 9.10. The highest BCUT2D eigenvalue weighted by Crippen LogP contribution is 2.21. The van der Waals surface area contributed by atoms with Crippen LogP contribution in [0.5, 0.6) is 0 Å². The van der Waals surface area contributed by atoms with Crippen molar-refractivity contribution < 1.29 is 0 Å². The van der Waals surface area contributed by atoms with Crippen LogP contribution in [0.25, 0.3) is 5.52 Å². The second-order valence-electron chi connectivity index (χ2n) is 5.20. The van der Waals surface area contributed by atoms with E-state index in [1.54, 1.807) is 0 Å². The molecule has 0 aliphatic carbocycles. The van der Waals surface area contributed by atoms with Gasteiger partial charge in [0.2, 0.25) is 0 Å². The molecule has 2 nitrogen and oxygen atoms in total. The molecule has 0 saturated heterocycles. The standard InChI is InChI=1S/C17H17BrN2/c1-12-9-10-20-15(11-12)17(18)19-16(20)8-7-14-6-4-3-5-13(14)2/h3-6,9-11H,7-8H2,1-2H3. The molecule has 102 valence electrons. The van der Waals surface area contributed by atoms with Gasteiger partial charge in [0.05, 0.1) is 5.52 Å². The minimum Gasteiger partial charge on any atom is -0.303 e. The third kappa shape index (κ3) is 2.50. The summed E-state index contributed by atoms with van der Waals surface area (Å²) in [5, 5.41) is 0. The van der Waals surface area contributed by atoms with Crippen LogP contribution in [0.1, 0.15) is 22.5 Å². The molecule has 3 aromatic rings. The SMILES string of the molecule is Cc1ccn2c(CCc3ccccc3C)nc(Br)c2c1. The van der Waals surface area contributed by atoms with Gasteiger partial charge in [-0.05, 0) is 65.0 Å². The molecule has 1 aromatic carbocycles. The summed E-state index contributed by atoms with van der Waals surface area (Å²) in [6, 6.07) is 12.8. The molecule has 0 atom stereocenters. The number of fused-ring (bicyclic) bond motifs is 1. The summed E-state index contributed by atoms with van der Waals surface area (Å²) >= 11 is 3.56. The molecule has 0 spiro atoms. The van der Waals surface area contributed by atoms with Gasteiger partial charge in [-0.2, -0.15) is 0 Å². The molecule has 3 heteroatoms. The van der Waals surface area contributed by atoms with Crippen molar-refractivity contribution in [3.63, 3.8) is 0 Å². The van der Waals surface area contributed by atoms with Crippen LogP contribution < -0.4 is 0 Å². The van der Waals surface area contributed by atoms with Crippen LogP contribution >= 0.6 is 15.9 Å². The van der Waals surface area contributed by atoms with E-state index < -0.39 is 0 Å². The Bertz CT molecular complexity index is 759. The maximum atomic E-state index is 4.66. The van der Waals surface area contributed by atoms with E-state index in [0.717, 1.165) is 28.8 Å². The van der Waals surface area contributed by atoms with E-state index in [1.165, 1.54) is 16.7 Å². The van der Waals surface area contributed by atoms with Gasteiger partial charge < -0.3 is 4.40 Å². The zero-order chi connectivity index (χ0) is 14.1. The summed E-state index contributed by atoms with van der Waals surface area (Å²) in [6.45, 7) is 4.27. The van der Waals surface area contributed by atoms with Gasteiger partial charge in [0, 0.05) is 12.6 Å². The first-order valence-corrected chi connectivity index (χ1v) is 7.62. The molecule has 0 bridgehead atoms. The lowest BCUT2D eigenvalue weighted by Gasteiger charge is -2.05. The number of hydrogen-bond acceptors (Lipinski definition) is 1. The summed E-state index contributed by atoms with van der Waals surface area (Å²) in [7, 11) is 0. The maximum absolute atomic E-state index is 4.66. The smallest absolute Gasteiger partial charge is 0.132 e. The first kappa shape index (κ1) is 13.4. The Kier molecular flexibility index (Phi) is 3.62. The fraction of sp³-hybridized carbons (Fsp3) is 0.235. The molecular weight excluding hydrogens is 312 g/mol. The van der Waals surface area contributed by atoms with E-state index in [-0.39, 0.29) is 0 Å². The molecule has 0 fully saturated rings. The third-order valence-electron chi connectivity index (χ3n) is 3.71. The number of rotatable bonds is 3. The van der Waals surface area contributed by atoms with Crippen LogP contribution in [0.15, 0.2) is 47.2 Å². The van der Waals surface area contributed by atoms with Crippen LogP contribution in [-0.4, -0.2) is 9.38 Å². The molecule has 0 amide bonds. The molecule has 0 unspecified atom stereocenters. The van der Waals surface area contributed by atoms with Crippen molar-refractivity contribution >= 4 is 21.4 Å². The van der Waals surface area contributed by atoms with E-state index in [9.17, 15) is 0 Å². The highest BCUT2D eigenvalue weighted by atomic mass is 79.9. The van der Waals surface area contributed by atoms with E-state index in [2.05, 4.69) is 81.8 Å². The average Bonchev–Trinajstić information content (AvgIpc) is 2.74. The molecule has 20 heavy (non-hydrogen) atoms.